The van der Waals surface area contributed by atoms with Crippen LogP contribution in [0.25, 0.3) is 0 Å². The van der Waals surface area contributed by atoms with E-state index in [4.69, 9.17) is 15.6 Å². The fraction of sp³-hybridized carbons (Fsp3) is 0.385. The molecule has 1 aromatic rings. The predicted octanol–water partition coefficient (Wildman–Crippen LogP) is 0.0514. The number of rotatable bonds is 7. The van der Waals surface area contributed by atoms with Gasteiger partial charge in [-0.3, -0.25) is 9.59 Å². The molecule has 2 amide bonds. The number of aliphatic hydroxyl groups is 1. The van der Waals surface area contributed by atoms with Crippen molar-refractivity contribution in [2.24, 2.45) is 5.73 Å². The third-order valence-corrected chi connectivity index (χ3v) is 2.55. The molecule has 0 unspecified atom stereocenters. The zero-order valence-electron chi connectivity index (χ0n) is 10.8. The minimum atomic E-state index is -0.560. The van der Waals surface area contributed by atoms with Gasteiger partial charge in [0.2, 0.25) is 0 Å². The molecule has 19 heavy (non-hydrogen) atoms. The van der Waals surface area contributed by atoms with Crippen LogP contribution in [0.15, 0.2) is 24.3 Å². The summed E-state index contributed by atoms with van der Waals surface area (Å²) in [5.41, 5.74) is 5.41. The lowest BCUT2D eigenvalue weighted by atomic mass is 10.1. The summed E-state index contributed by atoms with van der Waals surface area (Å²) in [5.74, 6) is -0.359. The molecule has 0 heterocycles. The summed E-state index contributed by atoms with van der Waals surface area (Å²) in [7, 11) is 0. The lowest BCUT2D eigenvalue weighted by Crippen LogP contribution is -2.36. The van der Waals surface area contributed by atoms with Crippen molar-refractivity contribution in [3.05, 3.63) is 29.8 Å². The van der Waals surface area contributed by atoms with E-state index in [0.717, 1.165) is 0 Å². The molecule has 104 valence electrons. The summed E-state index contributed by atoms with van der Waals surface area (Å²) in [6.07, 6.45) is 0.655. The first-order valence-electron chi connectivity index (χ1n) is 5.99. The highest BCUT2D eigenvalue weighted by Gasteiger charge is 2.11. The van der Waals surface area contributed by atoms with Gasteiger partial charge in [0.05, 0.1) is 12.6 Å². The zero-order valence-corrected chi connectivity index (χ0v) is 10.8. The Bertz CT molecular complexity index is 427. The Balaban J connectivity index is 2.60. The first-order valence-corrected chi connectivity index (χ1v) is 5.99. The lowest BCUT2D eigenvalue weighted by molar-refractivity contribution is -0.119. The molecule has 0 bridgehead atoms. The third-order valence-electron chi connectivity index (χ3n) is 2.55. The molecule has 4 N–H and O–H groups in total. The molecule has 6 heteroatoms. The summed E-state index contributed by atoms with van der Waals surface area (Å²) in [6.45, 7) is 1.58. The average Bonchev–Trinajstić information content (AvgIpc) is 2.42. The smallest absolute Gasteiger partial charge is 0.255 e. The fourth-order valence-corrected chi connectivity index (χ4v) is 1.40. The second-order valence-corrected chi connectivity index (χ2v) is 4.04. The number of aliphatic hydroxyl groups excluding tert-OH is 1. The Morgan fingerprint density at radius 3 is 2.47 bits per heavy atom. The topological polar surface area (TPSA) is 102 Å². The van der Waals surface area contributed by atoms with Gasteiger partial charge in [0, 0.05) is 5.56 Å². The SMILES string of the molecule is CC[C@@H](CO)NC(=O)c1ccc(OCC(N)=O)cc1. The van der Waals surface area contributed by atoms with Gasteiger partial charge in [-0.15, -0.1) is 0 Å². The van der Waals surface area contributed by atoms with Gasteiger partial charge in [-0.25, -0.2) is 0 Å². The maximum absolute atomic E-state index is 11.8. The molecule has 0 aliphatic heterocycles. The van der Waals surface area contributed by atoms with E-state index >= 15 is 0 Å². The largest absolute Gasteiger partial charge is 0.484 e. The fourth-order valence-electron chi connectivity index (χ4n) is 1.40. The van der Waals surface area contributed by atoms with E-state index < -0.39 is 5.91 Å². The summed E-state index contributed by atoms with van der Waals surface area (Å²) < 4.78 is 5.08. The maximum Gasteiger partial charge on any atom is 0.255 e. The van der Waals surface area contributed by atoms with Crippen molar-refractivity contribution in [2.45, 2.75) is 19.4 Å². The number of nitrogens with one attached hydrogen (secondary N) is 1. The molecule has 0 spiro atoms. The first kappa shape index (κ1) is 15.0. The normalized spacial score (nSPS) is 11.7. The molecular weight excluding hydrogens is 248 g/mol. The third kappa shape index (κ3) is 4.97. The van der Waals surface area contributed by atoms with Crippen molar-refractivity contribution in [3.63, 3.8) is 0 Å². The summed E-state index contributed by atoms with van der Waals surface area (Å²) >= 11 is 0. The molecular formula is C13H18N2O4. The predicted molar refractivity (Wildman–Crippen MR) is 69.8 cm³/mol. The molecule has 1 atom stereocenters. The minimum absolute atomic E-state index is 0.0952. The van der Waals surface area contributed by atoms with E-state index in [0.29, 0.717) is 17.7 Å². The molecule has 0 radical (unpaired) electrons. The van der Waals surface area contributed by atoms with Crippen LogP contribution in [-0.2, 0) is 4.79 Å². The van der Waals surface area contributed by atoms with Crippen LogP contribution >= 0.6 is 0 Å². The van der Waals surface area contributed by atoms with Crippen LogP contribution in [0.5, 0.6) is 5.75 Å². The molecule has 6 nitrogen and oxygen atoms in total. The quantitative estimate of drug-likeness (QED) is 0.649. The molecule has 0 saturated carbocycles. The average molecular weight is 266 g/mol. The number of primary amides is 1. The van der Waals surface area contributed by atoms with Crippen LogP contribution in [0.1, 0.15) is 23.7 Å². The Morgan fingerprint density at radius 2 is 2.00 bits per heavy atom. The Kier molecular flexibility index (Phi) is 5.81. The van der Waals surface area contributed by atoms with Gasteiger partial charge in [-0.1, -0.05) is 6.92 Å². The molecule has 0 aromatic heterocycles. The van der Waals surface area contributed by atoms with Crippen LogP contribution in [0.4, 0.5) is 0 Å². The van der Waals surface area contributed by atoms with E-state index in [-0.39, 0.29) is 25.2 Å². The van der Waals surface area contributed by atoms with Crippen molar-refractivity contribution in [2.75, 3.05) is 13.2 Å². The van der Waals surface area contributed by atoms with Gasteiger partial charge in [0.15, 0.2) is 6.61 Å². The van der Waals surface area contributed by atoms with Crippen molar-refractivity contribution in [1.29, 1.82) is 0 Å². The molecule has 0 fully saturated rings. The van der Waals surface area contributed by atoms with Crippen LogP contribution < -0.4 is 15.8 Å². The number of amides is 2. The molecule has 1 aromatic carbocycles. The van der Waals surface area contributed by atoms with Gasteiger partial charge < -0.3 is 20.9 Å². The van der Waals surface area contributed by atoms with Crippen LogP contribution in [0.2, 0.25) is 0 Å². The van der Waals surface area contributed by atoms with Gasteiger partial charge in [0.1, 0.15) is 5.75 Å². The zero-order chi connectivity index (χ0) is 14.3. The highest BCUT2D eigenvalue weighted by atomic mass is 16.5. The Hall–Kier alpha value is -2.08. The highest BCUT2D eigenvalue weighted by molar-refractivity contribution is 5.94. The van der Waals surface area contributed by atoms with Gasteiger partial charge in [-0.2, -0.15) is 0 Å². The number of carbonyl (C=O) groups is 2. The lowest BCUT2D eigenvalue weighted by Gasteiger charge is -2.14. The number of hydrogen-bond donors (Lipinski definition) is 3. The van der Waals surface area contributed by atoms with E-state index in [9.17, 15) is 9.59 Å². The summed E-state index contributed by atoms with van der Waals surface area (Å²) in [5, 5.41) is 11.7. The Labute approximate surface area is 111 Å². The minimum Gasteiger partial charge on any atom is -0.484 e. The van der Waals surface area contributed by atoms with Crippen molar-refractivity contribution >= 4 is 11.8 Å². The van der Waals surface area contributed by atoms with Crippen LogP contribution in [0, 0.1) is 0 Å². The summed E-state index contributed by atoms with van der Waals surface area (Å²) in [6, 6.07) is 6.07. The van der Waals surface area contributed by atoms with Crippen LogP contribution in [0.3, 0.4) is 0 Å². The van der Waals surface area contributed by atoms with E-state index in [1.54, 1.807) is 24.3 Å². The van der Waals surface area contributed by atoms with E-state index in [2.05, 4.69) is 5.32 Å². The molecule has 0 saturated heterocycles. The number of ether oxygens (including phenoxy) is 1. The van der Waals surface area contributed by atoms with Gasteiger partial charge in [-0.05, 0) is 30.7 Å². The van der Waals surface area contributed by atoms with Crippen molar-refractivity contribution in [3.8, 4) is 5.75 Å². The molecule has 1 rings (SSSR count). The molecule has 0 aliphatic rings. The van der Waals surface area contributed by atoms with Crippen molar-refractivity contribution in [1.82, 2.24) is 5.32 Å². The van der Waals surface area contributed by atoms with Gasteiger partial charge >= 0.3 is 0 Å². The number of carbonyl (C=O) groups excluding carboxylic acids is 2. The van der Waals surface area contributed by atoms with E-state index in [1.165, 1.54) is 0 Å². The molecule has 0 aliphatic carbocycles. The van der Waals surface area contributed by atoms with Gasteiger partial charge in [0.25, 0.3) is 11.8 Å². The van der Waals surface area contributed by atoms with E-state index in [1.807, 2.05) is 6.92 Å². The highest BCUT2D eigenvalue weighted by Crippen LogP contribution is 2.12. The number of benzene rings is 1. The number of nitrogens with two attached hydrogens (primary N) is 1. The number of hydrogen-bond acceptors (Lipinski definition) is 4. The summed E-state index contributed by atoms with van der Waals surface area (Å²) in [4.78, 5) is 22.4. The van der Waals surface area contributed by atoms with Crippen molar-refractivity contribution < 1.29 is 19.4 Å². The second-order valence-electron chi connectivity index (χ2n) is 4.04. The standard InChI is InChI=1S/C13H18N2O4/c1-2-10(7-16)15-13(18)9-3-5-11(6-4-9)19-8-12(14)17/h3-6,10,16H,2,7-8H2,1H3,(H2,14,17)(H,15,18)/t10-/m0/s1. The monoisotopic (exact) mass is 266 g/mol. The second kappa shape index (κ2) is 7.38. The van der Waals surface area contributed by atoms with Crippen LogP contribution in [-0.4, -0.2) is 36.2 Å². The Morgan fingerprint density at radius 1 is 1.37 bits per heavy atom. The maximum atomic E-state index is 11.8. The first-order chi connectivity index (χ1) is 9.06.